The summed E-state index contributed by atoms with van der Waals surface area (Å²) in [6, 6.07) is 0.297. The van der Waals surface area contributed by atoms with E-state index in [1.54, 1.807) is 0 Å². The van der Waals surface area contributed by atoms with Gasteiger partial charge in [0.2, 0.25) is 5.13 Å². The zero-order valence-corrected chi connectivity index (χ0v) is 10.9. The average molecular weight is 228 g/mol. The maximum atomic E-state index is 5.62. The first-order chi connectivity index (χ1) is 6.86. The number of likely N-dealkylation sites (N-methyl/N-ethyl adjacent to an activating group) is 1. The van der Waals surface area contributed by atoms with Crippen molar-refractivity contribution >= 4 is 16.7 Å². The van der Waals surface area contributed by atoms with Gasteiger partial charge in [0.25, 0.3) is 0 Å². The third kappa shape index (κ3) is 2.89. The molecule has 0 amide bonds. The zero-order valence-electron chi connectivity index (χ0n) is 10.1. The maximum absolute atomic E-state index is 5.62. The van der Waals surface area contributed by atoms with Crippen LogP contribution in [0, 0.1) is 0 Å². The summed E-state index contributed by atoms with van der Waals surface area (Å²) >= 11 is 1.44. The van der Waals surface area contributed by atoms with Crippen LogP contribution in [0.3, 0.4) is 0 Å². The van der Waals surface area contributed by atoms with Crippen LogP contribution in [0.5, 0.6) is 0 Å². The fourth-order valence-electron chi connectivity index (χ4n) is 1.01. The van der Waals surface area contributed by atoms with E-state index in [4.69, 9.17) is 5.73 Å². The van der Waals surface area contributed by atoms with Crippen LogP contribution in [-0.2, 0) is 5.41 Å². The Morgan fingerprint density at radius 1 is 1.47 bits per heavy atom. The third-order valence-electron chi connectivity index (χ3n) is 2.39. The van der Waals surface area contributed by atoms with Crippen LogP contribution in [0.4, 0.5) is 5.13 Å². The highest BCUT2D eigenvalue weighted by Crippen LogP contribution is 2.25. The van der Waals surface area contributed by atoms with Crippen molar-refractivity contribution in [3.05, 3.63) is 5.82 Å². The molecule has 1 heterocycles. The van der Waals surface area contributed by atoms with E-state index in [9.17, 15) is 0 Å². The molecule has 0 spiro atoms. The van der Waals surface area contributed by atoms with Gasteiger partial charge in [-0.2, -0.15) is 4.37 Å². The van der Waals surface area contributed by atoms with Gasteiger partial charge in [-0.05, 0) is 6.92 Å². The van der Waals surface area contributed by atoms with Gasteiger partial charge < -0.3 is 10.6 Å². The van der Waals surface area contributed by atoms with Crippen molar-refractivity contribution in [1.82, 2.24) is 9.36 Å². The lowest BCUT2D eigenvalue weighted by atomic mass is 9.96. The van der Waals surface area contributed by atoms with E-state index >= 15 is 0 Å². The van der Waals surface area contributed by atoms with Gasteiger partial charge in [0.15, 0.2) is 0 Å². The first kappa shape index (κ1) is 12.4. The second-order valence-electron chi connectivity index (χ2n) is 4.85. The molecule has 1 aromatic heterocycles. The molecular formula is C10H20N4S. The highest BCUT2D eigenvalue weighted by atomic mass is 32.1. The van der Waals surface area contributed by atoms with Crippen molar-refractivity contribution in [2.24, 2.45) is 5.73 Å². The average Bonchev–Trinajstić information content (AvgIpc) is 2.63. The molecule has 15 heavy (non-hydrogen) atoms. The van der Waals surface area contributed by atoms with Crippen molar-refractivity contribution in [3.63, 3.8) is 0 Å². The summed E-state index contributed by atoms with van der Waals surface area (Å²) in [4.78, 5) is 6.60. The summed E-state index contributed by atoms with van der Waals surface area (Å²) in [5.74, 6) is 0.901. The molecule has 5 heteroatoms. The summed E-state index contributed by atoms with van der Waals surface area (Å²) in [7, 11) is 2.00. The lowest BCUT2D eigenvalue weighted by molar-refractivity contribution is 0.553. The number of anilines is 1. The highest BCUT2D eigenvalue weighted by Gasteiger charge is 2.21. The Hall–Kier alpha value is -0.680. The molecule has 1 rings (SSSR count). The molecule has 0 aliphatic carbocycles. The molecule has 0 saturated heterocycles. The Morgan fingerprint density at radius 3 is 2.47 bits per heavy atom. The van der Waals surface area contributed by atoms with E-state index < -0.39 is 0 Å². The predicted octanol–water partition coefficient (Wildman–Crippen LogP) is 1.62. The van der Waals surface area contributed by atoms with E-state index in [1.807, 2.05) is 7.05 Å². The van der Waals surface area contributed by atoms with E-state index in [0.717, 1.165) is 11.0 Å². The molecule has 1 atom stereocenters. The first-order valence-electron chi connectivity index (χ1n) is 5.13. The summed E-state index contributed by atoms with van der Waals surface area (Å²) in [6.07, 6.45) is 0. The van der Waals surface area contributed by atoms with Gasteiger partial charge in [0.1, 0.15) is 5.82 Å². The monoisotopic (exact) mass is 228 g/mol. The van der Waals surface area contributed by atoms with Gasteiger partial charge in [-0.1, -0.05) is 20.8 Å². The minimum atomic E-state index is 0.0154. The quantitative estimate of drug-likeness (QED) is 0.854. The maximum Gasteiger partial charge on any atom is 0.205 e. The summed E-state index contributed by atoms with van der Waals surface area (Å²) < 4.78 is 4.37. The fourth-order valence-corrected chi connectivity index (χ4v) is 1.93. The van der Waals surface area contributed by atoms with Crippen LogP contribution in [0.15, 0.2) is 0 Å². The fraction of sp³-hybridized carbons (Fsp3) is 0.800. The Kier molecular flexibility index (Phi) is 3.67. The molecule has 0 aromatic carbocycles. The molecule has 0 saturated carbocycles. The van der Waals surface area contributed by atoms with Crippen LogP contribution < -0.4 is 10.6 Å². The topological polar surface area (TPSA) is 55.0 Å². The van der Waals surface area contributed by atoms with Crippen LogP contribution in [0.1, 0.15) is 33.5 Å². The minimum absolute atomic E-state index is 0.0154. The normalized spacial score (nSPS) is 14.0. The minimum Gasteiger partial charge on any atom is -0.346 e. The molecule has 1 unspecified atom stereocenters. The summed E-state index contributed by atoms with van der Waals surface area (Å²) in [5, 5.41) is 0.942. The second-order valence-corrected chi connectivity index (χ2v) is 5.58. The molecule has 86 valence electrons. The van der Waals surface area contributed by atoms with E-state index in [1.165, 1.54) is 11.5 Å². The first-order valence-corrected chi connectivity index (χ1v) is 5.90. The van der Waals surface area contributed by atoms with Gasteiger partial charge >= 0.3 is 0 Å². The highest BCUT2D eigenvalue weighted by molar-refractivity contribution is 7.09. The molecule has 0 aliphatic rings. The van der Waals surface area contributed by atoms with Crippen molar-refractivity contribution in [1.29, 1.82) is 0 Å². The molecule has 1 aromatic rings. The smallest absolute Gasteiger partial charge is 0.205 e. The van der Waals surface area contributed by atoms with E-state index in [2.05, 4.69) is 42.0 Å². The SMILES string of the molecule is CC(CN)N(C)c1nc(C(C)(C)C)ns1. The molecule has 4 nitrogen and oxygen atoms in total. The third-order valence-corrected chi connectivity index (χ3v) is 3.20. The number of aromatic nitrogens is 2. The number of hydrogen-bond donors (Lipinski definition) is 1. The number of rotatable bonds is 3. The Bertz CT molecular complexity index is 315. The Balaban J connectivity index is 2.85. The van der Waals surface area contributed by atoms with Crippen molar-refractivity contribution in [2.75, 3.05) is 18.5 Å². The van der Waals surface area contributed by atoms with Gasteiger partial charge in [-0.25, -0.2) is 4.98 Å². The van der Waals surface area contributed by atoms with Crippen LogP contribution in [0.25, 0.3) is 0 Å². The lowest BCUT2D eigenvalue weighted by Crippen LogP contribution is -2.35. The van der Waals surface area contributed by atoms with Crippen molar-refractivity contribution in [2.45, 2.75) is 39.2 Å². The molecule has 2 N–H and O–H groups in total. The number of nitrogens with two attached hydrogens (primary N) is 1. The van der Waals surface area contributed by atoms with Gasteiger partial charge in [-0.3, -0.25) is 0 Å². The Morgan fingerprint density at radius 2 is 2.07 bits per heavy atom. The molecular weight excluding hydrogens is 208 g/mol. The van der Waals surface area contributed by atoms with Gasteiger partial charge in [0.05, 0.1) is 0 Å². The van der Waals surface area contributed by atoms with E-state index in [-0.39, 0.29) is 5.41 Å². The summed E-state index contributed by atoms with van der Waals surface area (Å²) in [5.41, 5.74) is 5.63. The summed E-state index contributed by atoms with van der Waals surface area (Å²) in [6.45, 7) is 9.06. The predicted molar refractivity (Wildman–Crippen MR) is 65.5 cm³/mol. The van der Waals surface area contributed by atoms with Crippen molar-refractivity contribution in [3.8, 4) is 0 Å². The van der Waals surface area contributed by atoms with Crippen LogP contribution >= 0.6 is 11.5 Å². The van der Waals surface area contributed by atoms with Crippen LogP contribution in [-0.4, -0.2) is 29.0 Å². The lowest BCUT2D eigenvalue weighted by Gasteiger charge is -2.22. The van der Waals surface area contributed by atoms with Crippen LogP contribution in [0.2, 0.25) is 0 Å². The molecule has 0 bridgehead atoms. The van der Waals surface area contributed by atoms with Gasteiger partial charge in [-0.15, -0.1) is 0 Å². The zero-order chi connectivity index (χ0) is 11.6. The largest absolute Gasteiger partial charge is 0.346 e. The van der Waals surface area contributed by atoms with Crippen molar-refractivity contribution < 1.29 is 0 Å². The Labute approximate surface area is 95.7 Å². The molecule has 0 radical (unpaired) electrons. The van der Waals surface area contributed by atoms with Gasteiger partial charge in [0, 0.05) is 36.6 Å². The molecule has 0 aliphatic heterocycles. The standard InChI is InChI=1S/C10H20N4S/c1-7(6-11)14(5)9-12-8(13-15-9)10(2,3)4/h7H,6,11H2,1-5H3. The van der Waals surface area contributed by atoms with E-state index in [0.29, 0.717) is 12.6 Å². The number of hydrogen-bond acceptors (Lipinski definition) is 5. The second kappa shape index (κ2) is 4.45. The number of nitrogens with zero attached hydrogens (tertiary/aromatic N) is 3. The molecule has 0 fully saturated rings.